The molecule has 0 spiro atoms. The third kappa shape index (κ3) is 3.71. The third-order valence-corrected chi connectivity index (χ3v) is 7.36. The van der Waals surface area contributed by atoms with Crippen molar-refractivity contribution in [1.82, 2.24) is 4.98 Å². The summed E-state index contributed by atoms with van der Waals surface area (Å²) in [5, 5.41) is 3.31. The fraction of sp³-hybridized carbons (Fsp3) is 0.0435. The van der Waals surface area contributed by atoms with Crippen LogP contribution in [0.2, 0.25) is 0 Å². The molecule has 0 bridgehead atoms. The van der Waals surface area contributed by atoms with Gasteiger partial charge in [0.05, 0.1) is 21.8 Å². The van der Waals surface area contributed by atoms with Crippen LogP contribution in [0.25, 0.3) is 11.3 Å². The van der Waals surface area contributed by atoms with Crippen LogP contribution in [0.5, 0.6) is 0 Å². The van der Waals surface area contributed by atoms with E-state index in [0.29, 0.717) is 5.13 Å². The number of carbonyl (C=O) groups excluding carboxylic acids is 1. The van der Waals surface area contributed by atoms with Crippen molar-refractivity contribution in [3.05, 3.63) is 94.9 Å². The van der Waals surface area contributed by atoms with Gasteiger partial charge in [0.15, 0.2) is 5.13 Å². The smallest absolute Gasteiger partial charge is 0.261 e. The number of para-hydroxylation sites is 1. The van der Waals surface area contributed by atoms with Crippen molar-refractivity contribution >= 4 is 38.1 Å². The van der Waals surface area contributed by atoms with Crippen molar-refractivity contribution in [3.8, 4) is 11.3 Å². The maximum atomic E-state index is 13.0. The number of sulfonamides is 1. The van der Waals surface area contributed by atoms with Gasteiger partial charge in [-0.25, -0.2) is 13.4 Å². The zero-order valence-electron chi connectivity index (χ0n) is 16.2. The first-order chi connectivity index (χ1) is 15.0. The van der Waals surface area contributed by atoms with E-state index in [1.165, 1.54) is 29.0 Å². The van der Waals surface area contributed by atoms with Crippen LogP contribution in [-0.2, 0) is 16.4 Å². The number of fused-ring (bicyclic) bond motifs is 3. The summed E-state index contributed by atoms with van der Waals surface area (Å²) < 4.78 is 27.9. The molecule has 0 saturated heterocycles. The van der Waals surface area contributed by atoms with Gasteiger partial charge in [-0.05, 0) is 29.8 Å². The molecule has 0 atom stereocenters. The highest BCUT2D eigenvalue weighted by atomic mass is 32.2. The van der Waals surface area contributed by atoms with Crippen molar-refractivity contribution in [2.45, 2.75) is 11.3 Å². The van der Waals surface area contributed by atoms with Crippen LogP contribution < -0.4 is 10.0 Å². The molecule has 1 heterocycles. The van der Waals surface area contributed by atoms with Crippen LogP contribution in [0.4, 0.5) is 10.8 Å². The van der Waals surface area contributed by atoms with Gasteiger partial charge in [0.2, 0.25) is 0 Å². The second kappa shape index (κ2) is 7.64. The molecule has 1 aromatic heterocycles. The number of nitrogens with one attached hydrogen (secondary N) is 2. The largest absolute Gasteiger partial charge is 0.298 e. The quantitative estimate of drug-likeness (QED) is 0.406. The molecule has 5 rings (SSSR count). The summed E-state index contributed by atoms with van der Waals surface area (Å²) in [6.07, 6.45) is 0.798. The zero-order chi connectivity index (χ0) is 21.4. The standard InChI is InChI=1S/C23H17N3O3S2/c27-22(25-23-24-21-17-11-5-4-8-15(17)14-20(21)30-23)18-12-6-7-13-19(18)26-31(28,29)16-9-2-1-3-10-16/h1-13,26H,14H2,(H,24,25,27). The molecule has 4 aromatic rings. The molecule has 1 amide bonds. The van der Waals surface area contributed by atoms with E-state index in [2.05, 4.69) is 21.1 Å². The Bertz CT molecular complexity index is 1400. The molecule has 1 aliphatic carbocycles. The van der Waals surface area contributed by atoms with Crippen molar-refractivity contribution < 1.29 is 13.2 Å². The van der Waals surface area contributed by atoms with Gasteiger partial charge in [0.25, 0.3) is 15.9 Å². The minimum atomic E-state index is -3.82. The van der Waals surface area contributed by atoms with E-state index < -0.39 is 15.9 Å². The van der Waals surface area contributed by atoms with Gasteiger partial charge < -0.3 is 0 Å². The van der Waals surface area contributed by atoms with Gasteiger partial charge in [0.1, 0.15) is 0 Å². The Kier molecular flexibility index (Phi) is 4.80. The fourth-order valence-electron chi connectivity index (χ4n) is 3.55. The summed E-state index contributed by atoms with van der Waals surface area (Å²) >= 11 is 1.44. The van der Waals surface area contributed by atoms with E-state index in [4.69, 9.17) is 0 Å². The second-order valence-corrected chi connectivity index (χ2v) is 9.81. The number of rotatable bonds is 5. The molecule has 0 unspecified atom stereocenters. The molecular weight excluding hydrogens is 430 g/mol. The number of thiazole rings is 1. The van der Waals surface area contributed by atoms with Crippen molar-refractivity contribution in [1.29, 1.82) is 0 Å². The normalized spacial score (nSPS) is 12.1. The Morgan fingerprint density at radius 1 is 0.903 bits per heavy atom. The average molecular weight is 448 g/mol. The first-order valence-electron chi connectivity index (χ1n) is 9.57. The molecule has 0 saturated carbocycles. The zero-order valence-corrected chi connectivity index (χ0v) is 17.8. The molecule has 0 radical (unpaired) electrons. The lowest BCUT2D eigenvalue weighted by atomic mass is 10.1. The predicted octanol–water partition coefficient (Wildman–Crippen LogP) is 4.77. The Morgan fingerprint density at radius 2 is 1.61 bits per heavy atom. The summed E-state index contributed by atoms with van der Waals surface area (Å²) in [6.45, 7) is 0. The molecule has 1 aliphatic rings. The summed E-state index contributed by atoms with van der Waals surface area (Å²) in [7, 11) is -3.82. The number of benzene rings is 3. The highest BCUT2D eigenvalue weighted by Gasteiger charge is 2.24. The van der Waals surface area contributed by atoms with E-state index in [1.54, 1.807) is 42.5 Å². The molecule has 0 aliphatic heterocycles. The topological polar surface area (TPSA) is 88.2 Å². The number of hydrogen-bond donors (Lipinski definition) is 2. The van der Waals surface area contributed by atoms with Crippen LogP contribution >= 0.6 is 11.3 Å². The third-order valence-electron chi connectivity index (χ3n) is 5.01. The van der Waals surface area contributed by atoms with Gasteiger partial charge >= 0.3 is 0 Å². The highest BCUT2D eigenvalue weighted by molar-refractivity contribution is 7.92. The monoisotopic (exact) mass is 447 g/mol. The van der Waals surface area contributed by atoms with Crippen LogP contribution in [0.3, 0.4) is 0 Å². The Hall–Kier alpha value is -3.49. The minimum Gasteiger partial charge on any atom is -0.298 e. The summed E-state index contributed by atoms with van der Waals surface area (Å²) in [5.41, 5.74) is 3.64. The highest BCUT2D eigenvalue weighted by Crippen LogP contribution is 2.41. The van der Waals surface area contributed by atoms with Crippen molar-refractivity contribution in [2.24, 2.45) is 0 Å². The van der Waals surface area contributed by atoms with E-state index in [0.717, 1.165) is 22.6 Å². The Morgan fingerprint density at radius 3 is 2.45 bits per heavy atom. The van der Waals surface area contributed by atoms with Crippen LogP contribution in [0.1, 0.15) is 20.8 Å². The van der Waals surface area contributed by atoms with E-state index >= 15 is 0 Å². The lowest BCUT2D eigenvalue weighted by Crippen LogP contribution is -2.18. The number of aromatic nitrogens is 1. The first-order valence-corrected chi connectivity index (χ1v) is 11.9. The summed E-state index contributed by atoms with van der Waals surface area (Å²) in [4.78, 5) is 18.8. The molecule has 2 N–H and O–H groups in total. The number of nitrogens with zero attached hydrogens (tertiary/aromatic N) is 1. The van der Waals surface area contributed by atoms with Gasteiger partial charge in [-0.2, -0.15) is 0 Å². The first kappa shape index (κ1) is 19.5. The van der Waals surface area contributed by atoms with Gasteiger partial charge in [0, 0.05) is 16.9 Å². The molecule has 3 aromatic carbocycles. The molecule has 0 fully saturated rings. The van der Waals surface area contributed by atoms with E-state index in [9.17, 15) is 13.2 Å². The molecule has 31 heavy (non-hydrogen) atoms. The molecule has 6 nitrogen and oxygen atoms in total. The SMILES string of the molecule is O=C(Nc1nc2c(s1)Cc1ccccc1-2)c1ccccc1NS(=O)(=O)c1ccccc1. The number of anilines is 2. The van der Waals surface area contributed by atoms with Crippen molar-refractivity contribution in [2.75, 3.05) is 10.0 Å². The maximum absolute atomic E-state index is 13.0. The van der Waals surface area contributed by atoms with Gasteiger partial charge in [-0.15, -0.1) is 11.3 Å². The van der Waals surface area contributed by atoms with Gasteiger partial charge in [-0.3, -0.25) is 14.8 Å². The summed E-state index contributed by atoms with van der Waals surface area (Å²) in [6, 6.07) is 22.6. The van der Waals surface area contributed by atoms with Crippen molar-refractivity contribution in [3.63, 3.8) is 0 Å². The Labute approximate surface area is 183 Å². The number of carbonyl (C=O) groups is 1. The lowest BCUT2D eigenvalue weighted by molar-refractivity contribution is 0.102. The van der Waals surface area contributed by atoms with E-state index in [1.807, 2.05) is 18.2 Å². The van der Waals surface area contributed by atoms with Crippen LogP contribution in [0.15, 0.2) is 83.8 Å². The lowest BCUT2D eigenvalue weighted by Gasteiger charge is -2.12. The number of amides is 1. The maximum Gasteiger partial charge on any atom is 0.261 e. The number of hydrogen-bond acceptors (Lipinski definition) is 5. The van der Waals surface area contributed by atoms with Crippen LogP contribution in [0, 0.1) is 0 Å². The average Bonchev–Trinajstić information content (AvgIpc) is 3.31. The molecule has 154 valence electrons. The minimum absolute atomic E-state index is 0.125. The fourth-order valence-corrected chi connectivity index (χ4v) is 5.65. The second-order valence-electron chi connectivity index (χ2n) is 7.04. The predicted molar refractivity (Wildman–Crippen MR) is 122 cm³/mol. The molecular formula is C23H17N3O3S2. The summed E-state index contributed by atoms with van der Waals surface area (Å²) in [5.74, 6) is -0.424. The Balaban J connectivity index is 1.40. The van der Waals surface area contributed by atoms with Gasteiger partial charge in [-0.1, -0.05) is 54.6 Å². The van der Waals surface area contributed by atoms with E-state index in [-0.39, 0.29) is 16.1 Å². The molecule has 8 heteroatoms. The van der Waals surface area contributed by atoms with Crippen LogP contribution in [-0.4, -0.2) is 19.3 Å².